The number of methoxy groups -OCH3 is 2. The number of rotatable bonds is 4. The minimum Gasteiger partial charge on any atom is -0.481 e. The molecule has 0 atom stereocenters. The average Bonchev–Trinajstić information content (AvgIpc) is 2.34. The zero-order valence-electron chi connectivity index (χ0n) is 10.1. The summed E-state index contributed by atoms with van der Waals surface area (Å²) in [7, 11) is 1.86. The summed E-state index contributed by atoms with van der Waals surface area (Å²) in [6, 6.07) is 0.406. The standard InChI is InChI=1S/C10H8F5NO4/c1-18-8-6(7(11)12)5(20-10(13,14)15)3-4(16-8)9(17)19-2/h3,7H,1-2H3. The first-order chi connectivity index (χ1) is 9.19. The molecule has 0 saturated heterocycles. The third-order valence-corrected chi connectivity index (χ3v) is 2.02. The molecule has 0 aliphatic rings. The van der Waals surface area contributed by atoms with Gasteiger partial charge in [0.25, 0.3) is 6.43 Å². The molecule has 0 radical (unpaired) electrons. The third kappa shape index (κ3) is 3.68. The van der Waals surface area contributed by atoms with Gasteiger partial charge in [-0.25, -0.2) is 18.6 Å². The Morgan fingerprint density at radius 1 is 1.30 bits per heavy atom. The van der Waals surface area contributed by atoms with Crippen LogP contribution < -0.4 is 9.47 Å². The molecule has 0 unspecified atom stereocenters. The number of aromatic nitrogens is 1. The first-order valence-corrected chi connectivity index (χ1v) is 4.90. The van der Waals surface area contributed by atoms with Crippen LogP contribution in [0.15, 0.2) is 6.07 Å². The lowest BCUT2D eigenvalue weighted by molar-refractivity contribution is -0.275. The zero-order valence-corrected chi connectivity index (χ0v) is 10.1. The normalized spacial score (nSPS) is 11.4. The summed E-state index contributed by atoms with van der Waals surface area (Å²) in [5.41, 5.74) is -1.87. The van der Waals surface area contributed by atoms with Crippen molar-refractivity contribution in [3.8, 4) is 11.6 Å². The molecule has 0 amide bonds. The fourth-order valence-corrected chi connectivity index (χ4v) is 1.28. The minimum absolute atomic E-state index is 0.406. The summed E-state index contributed by atoms with van der Waals surface area (Å²) in [4.78, 5) is 14.6. The van der Waals surface area contributed by atoms with Crippen molar-refractivity contribution >= 4 is 5.97 Å². The monoisotopic (exact) mass is 301 g/mol. The Hall–Kier alpha value is -2.13. The van der Waals surface area contributed by atoms with Crippen LogP contribution in [0.5, 0.6) is 11.6 Å². The van der Waals surface area contributed by atoms with Gasteiger partial charge in [0.15, 0.2) is 5.69 Å². The molecule has 1 aromatic rings. The minimum atomic E-state index is -5.22. The second-order valence-electron chi connectivity index (χ2n) is 3.27. The fourth-order valence-electron chi connectivity index (χ4n) is 1.28. The summed E-state index contributed by atoms with van der Waals surface area (Å²) in [5.74, 6) is -3.27. The van der Waals surface area contributed by atoms with Gasteiger partial charge in [0.2, 0.25) is 5.88 Å². The molecule has 0 saturated carbocycles. The van der Waals surface area contributed by atoms with Crippen LogP contribution in [0.2, 0.25) is 0 Å². The van der Waals surface area contributed by atoms with E-state index in [2.05, 4.69) is 19.2 Å². The van der Waals surface area contributed by atoms with Crippen LogP contribution in [0, 0.1) is 0 Å². The number of hydrogen-bond acceptors (Lipinski definition) is 5. The zero-order chi connectivity index (χ0) is 15.5. The number of carbonyl (C=O) groups is 1. The molecule has 0 aromatic carbocycles. The van der Waals surface area contributed by atoms with Gasteiger partial charge in [-0.15, -0.1) is 13.2 Å². The maximum absolute atomic E-state index is 12.8. The van der Waals surface area contributed by atoms with Crippen LogP contribution in [0.4, 0.5) is 22.0 Å². The number of esters is 1. The molecule has 0 N–H and O–H groups in total. The lowest BCUT2D eigenvalue weighted by atomic mass is 10.2. The number of ether oxygens (including phenoxy) is 3. The molecule has 1 aromatic heterocycles. The Kier molecular flexibility index (Phi) is 4.69. The van der Waals surface area contributed by atoms with Crippen molar-refractivity contribution in [1.82, 2.24) is 4.98 Å². The number of hydrogen-bond donors (Lipinski definition) is 0. The number of carbonyl (C=O) groups excluding carboxylic acids is 1. The smallest absolute Gasteiger partial charge is 0.481 e. The molecule has 0 aliphatic carbocycles. The van der Waals surface area contributed by atoms with E-state index in [1.54, 1.807) is 0 Å². The van der Waals surface area contributed by atoms with Gasteiger partial charge in [-0.3, -0.25) is 0 Å². The van der Waals surface area contributed by atoms with E-state index in [9.17, 15) is 26.7 Å². The number of alkyl halides is 5. The summed E-state index contributed by atoms with van der Waals surface area (Å²) in [6.45, 7) is 0. The Morgan fingerprint density at radius 2 is 1.90 bits per heavy atom. The van der Waals surface area contributed by atoms with Crippen molar-refractivity contribution in [2.45, 2.75) is 12.8 Å². The predicted molar refractivity (Wildman–Crippen MR) is 53.8 cm³/mol. The summed E-state index contributed by atoms with van der Waals surface area (Å²) >= 11 is 0. The lowest BCUT2D eigenvalue weighted by Crippen LogP contribution is -2.19. The molecule has 1 rings (SSSR count). The van der Waals surface area contributed by atoms with Gasteiger partial charge in [-0.05, 0) is 0 Å². The first kappa shape index (κ1) is 15.9. The second kappa shape index (κ2) is 5.88. The molecule has 5 nitrogen and oxygen atoms in total. The molecular formula is C10H8F5NO4. The van der Waals surface area contributed by atoms with Crippen LogP contribution in [0.3, 0.4) is 0 Å². The maximum atomic E-state index is 12.8. The van der Waals surface area contributed by atoms with Crippen molar-refractivity contribution < 1.29 is 41.0 Å². The number of halogens is 5. The van der Waals surface area contributed by atoms with Crippen molar-refractivity contribution in [1.29, 1.82) is 0 Å². The topological polar surface area (TPSA) is 57.7 Å². The summed E-state index contributed by atoms with van der Waals surface area (Å²) in [6.07, 6.45) is -8.56. The molecule has 0 fully saturated rings. The molecule has 0 aliphatic heterocycles. The fraction of sp³-hybridized carbons (Fsp3) is 0.400. The molecule has 0 spiro atoms. The Bertz CT molecular complexity index is 503. The lowest BCUT2D eigenvalue weighted by Gasteiger charge is -2.15. The van der Waals surface area contributed by atoms with E-state index >= 15 is 0 Å². The van der Waals surface area contributed by atoms with Crippen LogP contribution in [0.25, 0.3) is 0 Å². The van der Waals surface area contributed by atoms with Crippen LogP contribution in [-0.2, 0) is 4.74 Å². The van der Waals surface area contributed by atoms with Crippen molar-refractivity contribution in [2.24, 2.45) is 0 Å². The highest BCUT2D eigenvalue weighted by atomic mass is 19.4. The SMILES string of the molecule is COC(=O)c1cc(OC(F)(F)F)c(C(F)F)c(OC)n1. The largest absolute Gasteiger partial charge is 0.573 e. The van der Waals surface area contributed by atoms with Gasteiger partial charge >= 0.3 is 12.3 Å². The van der Waals surface area contributed by atoms with E-state index in [0.29, 0.717) is 6.07 Å². The average molecular weight is 301 g/mol. The highest BCUT2D eigenvalue weighted by Gasteiger charge is 2.35. The van der Waals surface area contributed by atoms with E-state index in [4.69, 9.17) is 0 Å². The van der Waals surface area contributed by atoms with E-state index in [0.717, 1.165) is 14.2 Å². The molecule has 0 bridgehead atoms. The van der Waals surface area contributed by atoms with Gasteiger partial charge in [-0.2, -0.15) is 0 Å². The highest BCUT2D eigenvalue weighted by molar-refractivity contribution is 5.88. The quantitative estimate of drug-likeness (QED) is 0.632. The van der Waals surface area contributed by atoms with E-state index in [-0.39, 0.29) is 0 Å². The van der Waals surface area contributed by atoms with Crippen molar-refractivity contribution in [3.63, 3.8) is 0 Å². The van der Waals surface area contributed by atoms with Crippen molar-refractivity contribution in [2.75, 3.05) is 14.2 Å². The second-order valence-corrected chi connectivity index (χ2v) is 3.27. The van der Waals surface area contributed by atoms with Gasteiger partial charge in [0.1, 0.15) is 11.3 Å². The van der Waals surface area contributed by atoms with Crippen LogP contribution in [0.1, 0.15) is 22.5 Å². The Morgan fingerprint density at radius 3 is 2.30 bits per heavy atom. The Labute approximate surface area is 109 Å². The van der Waals surface area contributed by atoms with E-state index in [1.165, 1.54) is 0 Å². The predicted octanol–water partition coefficient (Wildman–Crippen LogP) is 2.71. The number of pyridine rings is 1. The van der Waals surface area contributed by atoms with Crippen molar-refractivity contribution in [3.05, 3.63) is 17.3 Å². The molecule has 10 heteroatoms. The van der Waals surface area contributed by atoms with Gasteiger partial charge in [0, 0.05) is 6.07 Å². The van der Waals surface area contributed by atoms with Crippen LogP contribution >= 0.6 is 0 Å². The first-order valence-electron chi connectivity index (χ1n) is 4.90. The number of nitrogens with zero attached hydrogens (tertiary/aromatic N) is 1. The molecule has 20 heavy (non-hydrogen) atoms. The maximum Gasteiger partial charge on any atom is 0.573 e. The van der Waals surface area contributed by atoms with E-state index < -0.39 is 41.6 Å². The summed E-state index contributed by atoms with van der Waals surface area (Å²) < 4.78 is 74.3. The Balaban J connectivity index is 3.45. The van der Waals surface area contributed by atoms with E-state index in [1.807, 2.05) is 0 Å². The van der Waals surface area contributed by atoms with Gasteiger partial charge < -0.3 is 14.2 Å². The summed E-state index contributed by atoms with van der Waals surface area (Å²) in [5, 5.41) is 0. The van der Waals surface area contributed by atoms with Gasteiger partial charge in [0.05, 0.1) is 14.2 Å². The third-order valence-electron chi connectivity index (χ3n) is 2.02. The molecule has 1 heterocycles. The molecular weight excluding hydrogens is 293 g/mol. The van der Waals surface area contributed by atoms with Gasteiger partial charge in [-0.1, -0.05) is 0 Å². The highest BCUT2D eigenvalue weighted by Crippen LogP contribution is 2.38. The molecule has 112 valence electrons. The van der Waals surface area contributed by atoms with Crippen LogP contribution in [-0.4, -0.2) is 31.5 Å².